The molecule has 2 saturated heterocycles. The summed E-state index contributed by atoms with van der Waals surface area (Å²) in [6.45, 7) is 7.16. The number of hydrogen-bond donors (Lipinski definition) is 1. The van der Waals surface area contributed by atoms with Gasteiger partial charge in [0.2, 0.25) is 0 Å². The van der Waals surface area contributed by atoms with Gasteiger partial charge in [0.25, 0.3) is 5.91 Å². The first-order chi connectivity index (χ1) is 14.2. The summed E-state index contributed by atoms with van der Waals surface area (Å²) < 4.78 is 0. The van der Waals surface area contributed by atoms with Crippen molar-refractivity contribution < 1.29 is 4.79 Å². The molecule has 0 spiro atoms. The Balaban J connectivity index is 1.46. The monoisotopic (exact) mass is 412 g/mol. The Morgan fingerprint density at radius 2 is 1.97 bits per heavy atom. The van der Waals surface area contributed by atoms with Crippen molar-refractivity contribution >= 4 is 23.1 Å². The third kappa shape index (κ3) is 4.98. The molecule has 4 rings (SSSR count). The average molecular weight is 413 g/mol. The highest BCUT2D eigenvalue weighted by molar-refractivity contribution is 7.10. The van der Waals surface area contributed by atoms with Crippen molar-refractivity contribution in [3.8, 4) is 0 Å². The number of anilines is 1. The Hall–Kier alpha value is -1.92. The number of nitrogens with zero attached hydrogens (tertiary/aromatic N) is 3. The van der Waals surface area contributed by atoms with Gasteiger partial charge in [0.05, 0.1) is 11.6 Å². The first-order valence-electron chi connectivity index (χ1n) is 11.0. The van der Waals surface area contributed by atoms with E-state index in [1.807, 2.05) is 12.1 Å². The van der Waals surface area contributed by atoms with E-state index in [0.29, 0.717) is 12.1 Å². The summed E-state index contributed by atoms with van der Waals surface area (Å²) in [5, 5.41) is 5.37. The second-order valence-corrected chi connectivity index (χ2v) is 9.36. The summed E-state index contributed by atoms with van der Waals surface area (Å²) in [6, 6.07) is 8.33. The van der Waals surface area contributed by atoms with Crippen molar-refractivity contribution in [2.75, 3.05) is 37.6 Å². The van der Waals surface area contributed by atoms with E-state index in [1.54, 1.807) is 17.5 Å². The topological polar surface area (TPSA) is 48.5 Å². The summed E-state index contributed by atoms with van der Waals surface area (Å²) in [4.78, 5) is 23.8. The Kier molecular flexibility index (Phi) is 6.82. The number of piperidine rings is 2. The maximum atomic E-state index is 13.1. The van der Waals surface area contributed by atoms with Gasteiger partial charge >= 0.3 is 0 Å². The molecule has 0 aromatic carbocycles. The molecule has 1 atom stereocenters. The molecule has 0 bridgehead atoms. The van der Waals surface area contributed by atoms with Gasteiger partial charge in [-0.05, 0) is 74.7 Å². The van der Waals surface area contributed by atoms with Crippen LogP contribution < -0.4 is 10.2 Å². The zero-order valence-electron chi connectivity index (χ0n) is 17.3. The number of carbonyl (C=O) groups excluding carboxylic acids is 1. The second-order valence-electron chi connectivity index (χ2n) is 8.38. The normalized spacial score (nSPS) is 19.8. The van der Waals surface area contributed by atoms with Crippen molar-refractivity contribution in [3.05, 3.63) is 46.3 Å². The van der Waals surface area contributed by atoms with Crippen molar-refractivity contribution in [1.82, 2.24) is 15.2 Å². The van der Waals surface area contributed by atoms with Crippen LogP contribution in [0.2, 0.25) is 0 Å². The van der Waals surface area contributed by atoms with Crippen molar-refractivity contribution in [2.45, 2.75) is 45.1 Å². The first-order valence-corrected chi connectivity index (χ1v) is 11.9. The summed E-state index contributed by atoms with van der Waals surface area (Å²) in [6.07, 6.45) is 7.87. The van der Waals surface area contributed by atoms with Crippen molar-refractivity contribution in [1.29, 1.82) is 0 Å². The lowest BCUT2D eigenvalue weighted by Crippen LogP contribution is -2.42. The number of rotatable bonds is 6. The van der Waals surface area contributed by atoms with E-state index < -0.39 is 0 Å². The molecule has 2 aromatic heterocycles. The highest BCUT2D eigenvalue weighted by Gasteiger charge is 2.27. The van der Waals surface area contributed by atoms with Crippen LogP contribution in [0, 0.1) is 5.92 Å². The molecular weight excluding hydrogens is 380 g/mol. The lowest BCUT2D eigenvalue weighted by atomic mass is 9.97. The van der Waals surface area contributed by atoms with Crippen LogP contribution in [0.15, 0.2) is 35.8 Å². The van der Waals surface area contributed by atoms with Crippen molar-refractivity contribution in [3.63, 3.8) is 0 Å². The van der Waals surface area contributed by atoms with Gasteiger partial charge in [0.15, 0.2) is 0 Å². The van der Waals surface area contributed by atoms with Crippen LogP contribution in [-0.2, 0) is 0 Å². The number of likely N-dealkylation sites (tertiary alicyclic amines) is 1. The lowest BCUT2D eigenvalue weighted by molar-refractivity contribution is 0.0915. The van der Waals surface area contributed by atoms with E-state index in [0.717, 1.165) is 37.9 Å². The maximum absolute atomic E-state index is 13.1. The van der Waals surface area contributed by atoms with Crippen LogP contribution in [0.3, 0.4) is 0 Å². The maximum Gasteiger partial charge on any atom is 0.255 e. The Labute approximate surface area is 178 Å². The average Bonchev–Trinajstić information content (AvgIpc) is 3.30. The van der Waals surface area contributed by atoms with Crippen LogP contribution in [0.25, 0.3) is 0 Å². The number of nitrogens with one attached hydrogen (secondary N) is 1. The molecule has 2 aliphatic heterocycles. The molecule has 2 fully saturated rings. The third-order valence-electron chi connectivity index (χ3n) is 6.27. The fourth-order valence-corrected chi connectivity index (χ4v) is 5.31. The molecule has 2 aromatic rings. The molecule has 2 aliphatic rings. The van der Waals surface area contributed by atoms with E-state index in [2.05, 4.69) is 44.5 Å². The number of hydrogen-bond acceptors (Lipinski definition) is 5. The Morgan fingerprint density at radius 3 is 2.69 bits per heavy atom. The van der Waals surface area contributed by atoms with E-state index in [1.165, 1.54) is 37.0 Å². The molecule has 0 aliphatic carbocycles. The van der Waals surface area contributed by atoms with Gasteiger partial charge in [0, 0.05) is 30.7 Å². The summed E-state index contributed by atoms with van der Waals surface area (Å²) in [7, 11) is 0. The van der Waals surface area contributed by atoms with Gasteiger partial charge in [-0.25, -0.2) is 4.98 Å². The molecular formula is C23H32N4OS. The fraction of sp³-hybridized carbons (Fsp3) is 0.565. The molecule has 1 unspecified atom stereocenters. The number of thiophene rings is 1. The van der Waals surface area contributed by atoms with Crippen LogP contribution in [-0.4, -0.2) is 48.5 Å². The van der Waals surface area contributed by atoms with Gasteiger partial charge in [0.1, 0.15) is 5.82 Å². The molecule has 1 N–H and O–H groups in total. The molecule has 0 saturated carbocycles. The van der Waals surface area contributed by atoms with Crippen molar-refractivity contribution in [2.24, 2.45) is 5.92 Å². The quantitative estimate of drug-likeness (QED) is 0.767. The Bertz CT molecular complexity index is 780. The van der Waals surface area contributed by atoms with Gasteiger partial charge in [-0.2, -0.15) is 0 Å². The summed E-state index contributed by atoms with van der Waals surface area (Å²) in [5.41, 5.74) is 0.701. The number of pyridine rings is 1. The summed E-state index contributed by atoms with van der Waals surface area (Å²) in [5.74, 6) is 1.63. The minimum Gasteiger partial charge on any atom is -0.356 e. The van der Waals surface area contributed by atoms with E-state index in [9.17, 15) is 4.79 Å². The summed E-state index contributed by atoms with van der Waals surface area (Å²) >= 11 is 1.79. The molecule has 156 valence electrons. The van der Waals surface area contributed by atoms with E-state index in [-0.39, 0.29) is 11.9 Å². The number of aromatic nitrogens is 1. The van der Waals surface area contributed by atoms with E-state index >= 15 is 0 Å². The van der Waals surface area contributed by atoms with Crippen LogP contribution in [0.5, 0.6) is 0 Å². The van der Waals surface area contributed by atoms with Gasteiger partial charge < -0.3 is 10.2 Å². The number of amides is 1. The first kappa shape index (κ1) is 20.4. The molecule has 0 radical (unpaired) electrons. The van der Waals surface area contributed by atoms with Gasteiger partial charge in [-0.15, -0.1) is 11.3 Å². The number of carbonyl (C=O) groups is 1. The standard InChI is InChI=1S/C23H32N4OS/c1-18-9-14-26(15-10-18)20(21-8-6-16-29-21)17-25-23(28)19-7-5-11-24-22(19)27-12-3-2-4-13-27/h5-8,11,16,18,20H,2-4,9-10,12-15,17H2,1H3,(H,25,28). The second kappa shape index (κ2) is 9.72. The van der Waals surface area contributed by atoms with Gasteiger partial charge in [-0.3, -0.25) is 9.69 Å². The zero-order chi connectivity index (χ0) is 20.1. The third-order valence-corrected chi connectivity index (χ3v) is 7.25. The van der Waals surface area contributed by atoms with Gasteiger partial charge in [-0.1, -0.05) is 13.0 Å². The minimum absolute atomic E-state index is 0.00870. The minimum atomic E-state index is -0.00870. The predicted molar refractivity (Wildman–Crippen MR) is 120 cm³/mol. The SMILES string of the molecule is CC1CCN(C(CNC(=O)c2cccnc2N2CCCCC2)c2cccs2)CC1. The smallest absolute Gasteiger partial charge is 0.255 e. The Morgan fingerprint density at radius 1 is 1.17 bits per heavy atom. The fourth-order valence-electron chi connectivity index (χ4n) is 4.45. The highest BCUT2D eigenvalue weighted by Crippen LogP contribution is 2.29. The van der Waals surface area contributed by atoms with Crippen LogP contribution in [0.1, 0.15) is 60.3 Å². The van der Waals surface area contributed by atoms with Crippen LogP contribution >= 0.6 is 11.3 Å². The molecule has 5 nitrogen and oxygen atoms in total. The predicted octanol–water partition coefficient (Wildman–Crippen LogP) is 4.34. The molecule has 29 heavy (non-hydrogen) atoms. The molecule has 6 heteroatoms. The van der Waals surface area contributed by atoms with E-state index in [4.69, 9.17) is 0 Å². The highest BCUT2D eigenvalue weighted by atomic mass is 32.1. The largest absolute Gasteiger partial charge is 0.356 e. The zero-order valence-corrected chi connectivity index (χ0v) is 18.2. The molecule has 4 heterocycles. The lowest BCUT2D eigenvalue weighted by Gasteiger charge is -2.36. The van der Waals surface area contributed by atoms with Crippen LogP contribution in [0.4, 0.5) is 5.82 Å². The molecule has 1 amide bonds.